The molecule has 6 nitrogen and oxygen atoms in total. The molecule has 0 bridgehead atoms. The summed E-state index contributed by atoms with van der Waals surface area (Å²) in [6, 6.07) is 6.78. The first-order chi connectivity index (χ1) is 8.95. The summed E-state index contributed by atoms with van der Waals surface area (Å²) in [5.41, 5.74) is 0.998. The van der Waals surface area contributed by atoms with Gasteiger partial charge in [0.05, 0.1) is 16.8 Å². The van der Waals surface area contributed by atoms with Gasteiger partial charge in [0.2, 0.25) is 15.0 Å². The van der Waals surface area contributed by atoms with Gasteiger partial charge >= 0.3 is 5.97 Å². The molecule has 0 saturated carbocycles. The average molecular weight is 282 g/mol. The van der Waals surface area contributed by atoms with Crippen LogP contribution in [-0.4, -0.2) is 34.8 Å². The zero-order chi connectivity index (χ0) is 14.0. The van der Waals surface area contributed by atoms with Crippen molar-refractivity contribution in [3.05, 3.63) is 24.3 Å². The van der Waals surface area contributed by atoms with E-state index in [-0.39, 0.29) is 10.9 Å². The standard InChI is InChI=1S/C12H14N2O4S/c1-2-7-19(17,18)12-13-9-5-3-4-6-10(9)14(12)8-11(15)16/h3-6H,2,7-8H2,1H3,(H,15,16). The molecule has 0 spiro atoms. The van der Waals surface area contributed by atoms with E-state index in [2.05, 4.69) is 4.98 Å². The van der Waals surface area contributed by atoms with Gasteiger partial charge in [-0.1, -0.05) is 19.1 Å². The summed E-state index contributed by atoms with van der Waals surface area (Å²) in [4.78, 5) is 15.0. The molecule has 1 N–H and O–H groups in total. The van der Waals surface area contributed by atoms with Crippen molar-refractivity contribution in [2.75, 3.05) is 5.75 Å². The van der Waals surface area contributed by atoms with Crippen molar-refractivity contribution < 1.29 is 18.3 Å². The second kappa shape index (κ2) is 5.00. The molecular formula is C12H14N2O4S. The summed E-state index contributed by atoms with van der Waals surface area (Å²) >= 11 is 0. The van der Waals surface area contributed by atoms with Crippen molar-refractivity contribution in [1.82, 2.24) is 9.55 Å². The number of carbonyl (C=O) groups is 1. The molecule has 102 valence electrons. The first-order valence-electron chi connectivity index (χ1n) is 5.85. The van der Waals surface area contributed by atoms with Crippen molar-refractivity contribution >= 4 is 26.8 Å². The fraction of sp³-hybridized carbons (Fsp3) is 0.333. The van der Waals surface area contributed by atoms with Crippen LogP contribution in [0.15, 0.2) is 29.4 Å². The minimum Gasteiger partial charge on any atom is -0.480 e. The third-order valence-corrected chi connectivity index (χ3v) is 4.48. The normalized spacial score (nSPS) is 11.8. The van der Waals surface area contributed by atoms with Crippen LogP contribution in [0.1, 0.15) is 13.3 Å². The average Bonchev–Trinajstić information content (AvgIpc) is 2.68. The summed E-state index contributed by atoms with van der Waals surface area (Å²) in [5, 5.41) is 8.75. The van der Waals surface area contributed by atoms with Gasteiger partial charge in [-0.05, 0) is 18.6 Å². The maximum atomic E-state index is 12.1. The van der Waals surface area contributed by atoms with Gasteiger partial charge in [-0.3, -0.25) is 4.79 Å². The van der Waals surface area contributed by atoms with E-state index >= 15 is 0 Å². The number of hydrogen-bond donors (Lipinski definition) is 1. The maximum absolute atomic E-state index is 12.1. The van der Waals surface area contributed by atoms with E-state index in [1.165, 1.54) is 4.57 Å². The van der Waals surface area contributed by atoms with Crippen LogP contribution in [0.5, 0.6) is 0 Å². The lowest BCUT2D eigenvalue weighted by Crippen LogP contribution is -2.17. The quantitative estimate of drug-likeness (QED) is 0.893. The van der Waals surface area contributed by atoms with Crippen molar-refractivity contribution in [2.45, 2.75) is 25.0 Å². The molecule has 19 heavy (non-hydrogen) atoms. The molecule has 1 aromatic carbocycles. The Morgan fingerprint density at radius 3 is 2.68 bits per heavy atom. The maximum Gasteiger partial charge on any atom is 0.323 e. The number of aliphatic carboxylic acids is 1. The van der Waals surface area contributed by atoms with Crippen molar-refractivity contribution in [3.63, 3.8) is 0 Å². The Balaban J connectivity index is 2.69. The summed E-state index contributed by atoms with van der Waals surface area (Å²) < 4.78 is 25.5. The molecular weight excluding hydrogens is 268 g/mol. The number of aromatic nitrogens is 2. The van der Waals surface area contributed by atoms with E-state index in [0.29, 0.717) is 17.5 Å². The van der Waals surface area contributed by atoms with Crippen molar-refractivity contribution in [3.8, 4) is 0 Å². The highest BCUT2D eigenvalue weighted by Crippen LogP contribution is 2.20. The Morgan fingerprint density at radius 2 is 2.05 bits per heavy atom. The molecule has 2 rings (SSSR count). The highest BCUT2D eigenvalue weighted by Gasteiger charge is 2.23. The predicted octanol–water partition coefficient (Wildman–Crippen LogP) is 1.30. The van der Waals surface area contributed by atoms with E-state index < -0.39 is 22.4 Å². The van der Waals surface area contributed by atoms with Gasteiger partial charge < -0.3 is 9.67 Å². The van der Waals surface area contributed by atoms with Gasteiger partial charge in [0.15, 0.2) is 0 Å². The molecule has 0 saturated heterocycles. The third-order valence-electron chi connectivity index (χ3n) is 2.66. The largest absolute Gasteiger partial charge is 0.480 e. The topological polar surface area (TPSA) is 89.3 Å². The van der Waals surface area contributed by atoms with Gasteiger partial charge in [-0.25, -0.2) is 13.4 Å². The van der Waals surface area contributed by atoms with E-state index in [1.807, 2.05) is 0 Å². The SMILES string of the molecule is CCCS(=O)(=O)c1nc2ccccc2n1CC(=O)O. The highest BCUT2D eigenvalue weighted by atomic mass is 32.2. The van der Waals surface area contributed by atoms with Crippen LogP contribution in [-0.2, 0) is 21.2 Å². The Kier molecular flexibility index (Phi) is 3.57. The van der Waals surface area contributed by atoms with E-state index in [9.17, 15) is 13.2 Å². The first kappa shape index (κ1) is 13.5. The molecule has 0 aliphatic carbocycles. The fourth-order valence-corrected chi connectivity index (χ4v) is 3.40. The zero-order valence-corrected chi connectivity index (χ0v) is 11.2. The Labute approximate surface area is 110 Å². The zero-order valence-electron chi connectivity index (χ0n) is 10.4. The number of benzene rings is 1. The van der Waals surface area contributed by atoms with Gasteiger partial charge in [0.1, 0.15) is 6.54 Å². The third kappa shape index (κ3) is 2.60. The summed E-state index contributed by atoms with van der Waals surface area (Å²) in [6.45, 7) is 1.33. The first-order valence-corrected chi connectivity index (χ1v) is 7.50. The summed E-state index contributed by atoms with van der Waals surface area (Å²) in [6.07, 6.45) is 0.457. The van der Waals surface area contributed by atoms with Crippen LogP contribution in [0, 0.1) is 0 Å². The van der Waals surface area contributed by atoms with Crippen molar-refractivity contribution in [2.24, 2.45) is 0 Å². The molecule has 0 fully saturated rings. The minimum atomic E-state index is -3.56. The molecule has 0 radical (unpaired) electrons. The number of fused-ring (bicyclic) bond motifs is 1. The Bertz CT molecular complexity index is 718. The van der Waals surface area contributed by atoms with Crippen LogP contribution in [0.3, 0.4) is 0 Å². The monoisotopic (exact) mass is 282 g/mol. The van der Waals surface area contributed by atoms with Crippen LogP contribution in [0.25, 0.3) is 11.0 Å². The minimum absolute atomic E-state index is 0.0457. The lowest BCUT2D eigenvalue weighted by Gasteiger charge is -2.06. The molecule has 0 amide bonds. The van der Waals surface area contributed by atoms with Gasteiger partial charge in [-0.2, -0.15) is 0 Å². The Hall–Kier alpha value is -1.89. The molecule has 0 aliphatic heterocycles. The lowest BCUT2D eigenvalue weighted by molar-refractivity contribution is -0.137. The number of nitrogens with zero attached hydrogens (tertiary/aromatic N) is 2. The molecule has 0 atom stereocenters. The fourth-order valence-electron chi connectivity index (χ4n) is 1.94. The van der Waals surface area contributed by atoms with Gasteiger partial charge in [0, 0.05) is 0 Å². The molecule has 0 unspecified atom stereocenters. The molecule has 0 aliphatic rings. The molecule has 1 heterocycles. The van der Waals surface area contributed by atoms with Gasteiger partial charge in [-0.15, -0.1) is 0 Å². The van der Waals surface area contributed by atoms with E-state index in [4.69, 9.17) is 5.11 Å². The number of para-hydroxylation sites is 2. The van der Waals surface area contributed by atoms with Crippen molar-refractivity contribution in [1.29, 1.82) is 0 Å². The molecule has 2 aromatic rings. The number of carboxylic acid groups (broad SMARTS) is 1. The second-order valence-electron chi connectivity index (χ2n) is 4.18. The number of sulfone groups is 1. The van der Waals surface area contributed by atoms with E-state index in [1.54, 1.807) is 31.2 Å². The summed E-state index contributed by atoms with van der Waals surface area (Å²) in [7, 11) is -3.56. The molecule has 7 heteroatoms. The molecule has 1 aromatic heterocycles. The number of carboxylic acids is 1. The number of rotatable bonds is 5. The predicted molar refractivity (Wildman–Crippen MR) is 69.7 cm³/mol. The van der Waals surface area contributed by atoms with Crippen LogP contribution in [0.2, 0.25) is 0 Å². The smallest absolute Gasteiger partial charge is 0.323 e. The Morgan fingerprint density at radius 1 is 1.37 bits per heavy atom. The van der Waals surface area contributed by atoms with Crippen LogP contribution >= 0.6 is 0 Å². The van der Waals surface area contributed by atoms with Crippen LogP contribution < -0.4 is 0 Å². The highest BCUT2D eigenvalue weighted by molar-refractivity contribution is 7.91. The second-order valence-corrected chi connectivity index (χ2v) is 6.18. The van der Waals surface area contributed by atoms with Gasteiger partial charge in [0.25, 0.3) is 0 Å². The summed E-state index contributed by atoms with van der Waals surface area (Å²) in [5.74, 6) is -1.15. The lowest BCUT2D eigenvalue weighted by atomic mass is 10.3. The van der Waals surface area contributed by atoms with E-state index in [0.717, 1.165) is 0 Å². The number of imidazole rings is 1. The van der Waals surface area contributed by atoms with Crippen LogP contribution in [0.4, 0.5) is 0 Å². The number of hydrogen-bond acceptors (Lipinski definition) is 4.